The van der Waals surface area contributed by atoms with E-state index in [-0.39, 0.29) is 24.3 Å². The van der Waals surface area contributed by atoms with Crippen LogP contribution < -0.4 is 5.32 Å². The normalized spacial score (nSPS) is 21.8. The van der Waals surface area contributed by atoms with Crippen molar-refractivity contribution in [3.8, 4) is 0 Å². The van der Waals surface area contributed by atoms with Gasteiger partial charge in [-0.25, -0.2) is 4.79 Å². The molecule has 2 aromatic carbocycles. The number of hydrogen-bond acceptors (Lipinski definition) is 5. The Labute approximate surface area is 216 Å². The van der Waals surface area contributed by atoms with Crippen LogP contribution in [0.3, 0.4) is 0 Å². The molecule has 2 aliphatic rings. The third kappa shape index (κ3) is 4.65. The maximum absolute atomic E-state index is 13.6. The topological polar surface area (TPSA) is 108 Å². The van der Waals surface area contributed by atoms with Crippen LogP contribution in [-0.2, 0) is 26.3 Å². The molecule has 1 spiro atoms. The molecule has 1 saturated heterocycles. The lowest BCUT2D eigenvalue weighted by Crippen LogP contribution is -2.54. The Morgan fingerprint density at radius 1 is 1.27 bits per heavy atom. The lowest BCUT2D eigenvalue weighted by Gasteiger charge is -2.47. The molecule has 3 unspecified atom stereocenters. The van der Waals surface area contributed by atoms with E-state index >= 15 is 0 Å². The smallest absolute Gasteiger partial charge is 0.412 e. The molecule has 9 heteroatoms. The summed E-state index contributed by atoms with van der Waals surface area (Å²) in [4.78, 5) is 42.4. The van der Waals surface area contributed by atoms with Crippen molar-refractivity contribution >= 4 is 34.5 Å². The predicted octanol–water partition coefficient (Wildman–Crippen LogP) is 3.98. The van der Waals surface area contributed by atoms with E-state index in [9.17, 15) is 14.4 Å². The molecular weight excluding hydrogens is 470 g/mol. The van der Waals surface area contributed by atoms with Gasteiger partial charge in [0.25, 0.3) is 0 Å². The lowest BCUT2D eigenvalue weighted by atomic mass is 9.79. The summed E-state index contributed by atoms with van der Waals surface area (Å²) in [7, 11) is 3.45. The van der Waals surface area contributed by atoms with Crippen molar-refractivity contribution in [3.05, 3.63) is 59.3 Å². The molecule has 194 valence electrons. The van der Waals surface area contributed by atoms with Crippen LogP contribution in [0.15, 0.2) is 42.6 Å². The first-order chi connectivity index (χ1) is 17.7. The Morgan fingerprint density at radius 2 is 2.05 bits per heavy atom. The molecular formula is C28H33N5O4. The summed E-state index contributed by atoms with van der Waals surface area (Å²) in [5.41, 5.74) is 3.98. The number of ether oxygens (including phenoxy) is 1. The monoisotopic (exact) mass is 503 g/mol. The van der Waals surface area contributed by atoms with Gasteiger partial charge in [0.2, 0.25) is 11.8 Å². The minimum atomic E-state index is -0.758. The quantitative estimate of drug-likeness (QED) is 0.548. The molecule has 3 aromatic rings. The first-order valence-corrected chi connectivity index (χ1v) is 12.7. The van der Waals surface area contributed by atoms with Crippen LogP contribution in [0.2, 0.25) is 0 Å². The summed E-state index contributed by atoms with van der Waals surface area (Å²) in [6.07, 6.45) is 2.91. The molecule has 3 heterocycles. The third-order valence-electron chi connectivity index (χ3n) is 7.68. The number of fused-ring (bicyclic) bond motifs is 3. The Bertz CT molecular complexity index is 1370. The molecule has 37 heavy (non-hydrogen) atoms. The second-order valence-electron chi connectivity index (χ2n) is 10.5. The number of aromatic nitrogens is 2. The molecule has 0 radical (unpaired) electrons. The summed E-state index contributed by atoms with van der Waals surface area (Å²) in [6.45, 7) is 4.44. The van der Waals surface area contributed by atoms with Crippen molar-refractivity contribution in [3.63, 3.8) is 0 Å². The minimum absolute atomic E-state index is 0.0581. The Morgan fingerprint density at radius 3 is 2.81 bits per heavy atom. The third-order valence-corrected chi connectivity index (χ3v) is 7.68. The van der Waals surface area contributed by atoms with Gasteiger partial charge >= 0.3 is 6.09 Å². The van der Waals surface area contributed by atoms with Crippen LogP contribution in [0.25, 0.3) is 10.9 Å². The van der Waals surface area contributed by atoms with Gasteiger partial charge in [-0.15, -0.1) is 0 Å². The van der Waals surface area contributed by atoms with Crippen LogP contribution in [0.4, 0.5) is 10.5 Å². The molecule has 0 bridgehead atoms. The number of nitrogens with one attached hydrogen (secondary N) is 2. The minimum Gasteiger partial charge on any atom is -0.438 e. The highest BCUT2D eigenvalue weighted by atomic mass is 16.6. The van der Waals surface area contributed by atoms with Gasteiger partial charge in [0.05, 0.1) is 23.3 Å². The SMILES string of the molecule is Cc1cc(CC(CC(=O)N2CCC3(CC2C)OC(=O)Nc2ccccc23)C(=O)N(C)C)cc2cn[nH]c12. The van der Waals surface area contributed by atoms with Crippen LogP contribution in [0, 0.1) is 12.8 Å². The lowest BCUT2D eigenvalue weighted by molar-refractivity contribution is -0.145. The molecule has 0 aliphatic carbocycles. The van der Waals surface area contributed by atoms with E-state index in [4.69, 9.17) is 4.74 Å². The number of likely N-dealkylation sites (tertiary alicyclic amines) is 1. The molecule has 1 aromatic heterocycles. The molecule has 3 atom stereocenters. The number of aromatic amines is 1. The fourth-order valence-corrected chi connectivity index (χ4v) is 5.93. The van der Waals surface area contributed by atoms with Crippen molar-refractivity contribution in [2.24, 2.45) is 5.92 Å². The van der Waals surface area contributed by atoms with E-state index in [1.807, 2.05) is 49.1 Å². The number of para-hydroxylation sites is 1. The second kappa shape index (κ2) is 9.53. The number of H-pyrrole nitrogens is 1. The number of carbonyl (C=O) groups excluding carboxylic acids is 3. The predicted molar refractivity (Wildman–Crippen MR) is 140 cm³/mol. The highest BCUT2D eigenvalue weighted by Crippen LogP contribution is 2.45. The van der Waals surface area contributed by atoms with E-state index in [0.717, 1.165) is 33.3 Å². The van der Waals surface area contributed by atoms with Gasteiger partial charge in [-0.05, 0) is 43.5 Å². The number of benzene rings is 2. The zero-order chi connectivity index (χ0) is 26.3. The van der Waals surface area contributed by atoms with Crippen LogP contribution in [0.1, 0.15) is 42.9 Å². The average Bonchev–Trinajstić information content (AvgIpc) is 3.32. The van der Waals surface area contributed by atoms with Gasteiger partial charge < -0.3 is 14.5 Å². The van der Waals surface area contributed by atoms with E-state index in [0.29, 0.717) is 25.8 Å². The Balaban J connectivity index is 1.33. The van der Waals surface area contributed by atoms with E-state index < -0.39 is 17.6 Å². The molecule has 1 fully saturated rings. The van der Waals surface area contributed by atoms with Crippen molar-refractivity contribution in [1.82, 2.24) is 20.0 Å². The summed E-state index contributed by atoms with van der Waals surface area (Å²) in [5.74, 6) is -0.607. The van der Waals surface area contributed by atoms with Crippen LogP contribution in [-0.4, -0.2) is 64.6 Å². The number of carbonyl (C=O) groups is 3. The molecule has 2 N–H and O–H groups in total. The number of amides is 3. The average molecular weight is 504 g/mol. The zero-order valence-electron chi connectivity index (χ0n) is 21.7. The molecule has 9 nitrogen and oxygen atoms in total. The van der Waals surface area contributed by atoms with Gasteiger partial charge in [0.1, 0.15) is 5.60 Å². The number of piperidine rings is 1. The van der Waals surface area contributed by atoms with Crippen LogP contribution in [0.5, 0.6) is 0 Å². The molecule has 5 rings (SSSR count). The summed E-state index contributed by atoms with van der Waals surface area (Å²) >= 11 is 0. The van der Waals surface area contributed by atoms with Crippen molar-refractivity contribution in [1.29, 1.82) is 0 Å². The number of anilines is 1. The van der Waals surface area contributed by atoms with Gasteiger partial charge in [-0.3, -0.25) is 20.0 Å². The number of hydrogen-bond donors (Lipinski definition) is 2. The van der Waals surface area contributed by atoms with Gasteiger partial charge in [-0.2, -0.15) is 5.10 Å². The van der Waals surface area contributed by atoms with E-state index in [1.54, 1.807) is 25.2 Å². The number of aryl methyl sites for hydroxylation is 1. The zero-order valence-corrected chi connectivity index (χ0v) is 21.7. The largest absolute Gasteiger partial charge is 0.438 e. The van der Waals surface area contributed by atoms with Crippen molar-refractivity contribution in [2.75, 3.05) is 26.0 Å². The van der Waals surface area contributed by atoms with Crippen molar-refractivity contribution < 1.29 is 19.1 Å². The maximum atomic E-state index is 13.6. The van der Waals surface area contributed by atoms with E-state index in [1.165, 1.54) is 0 Å². The fraction of sp³-hybridized carbons (Fsp3) is 0.429. The summed E-state index contributed by atoms with van der Waals surface area (Å²) in [5, 5.41) is 10.9. The molecule has 0 saturated carbocycles. The standard InChI is InChI=1S/C28H33N5O4/c1-17-11-19(13-21-16-29-31-25(17)21)12-20(26(35)32(3)4)14-24(34)33-10-9-28(15-18(33)2)22-7-5-6-8-23(22)30-27(36)37-28/h5-8,11,13,16,18,20H,9-10,12,14-15H2,1-4H3,(H,29,31)(H,30,36). The second-order valence-corrected chi connectivity index (χ2v) is 10.5. The van der Waals surface area contributed by atoms with E-state index in [2.05, 4.69) is 21.6 Å². The molecule has 2 aliphatic heterocycles. The van der Waals surface area contributed by atoms with Crippen LogP contribution >= 0.6 is 0 Å². The highest BCUT2D eigenvalue weighted by Gasteiger charge is 2.47. The Hall–Kier alpha value is -3.88. The number of rotatable bonds is 5. The van der Waals surface area contributed by atoms with Crippen molar-refractivity contribution in [2.45, 2.75) is 51.2 Å². The number of nitrogens with zero attached hydrogens (tertiary/aromatic N) is 3. The first kappa shape index (κ1) is 24.8. The van der Waals surface area contributed by atoms with Gasteiger partial charge in [0, 0.05) is 56.9 Å². The summed E-state index contributed by atoms with van der Waals surface area (Å²) < 4.78 is 5.85. The Kier molecular flexibility index (Phi) is 6.39. The van der Waals surface area contributed by atoms with Gasteiger partial charge in [0.15, 0.2) is 0 Å². The summed E-state index contributed by atoms with van der Waals surface area (Å²) in [6, 6.07) is 11.6. The fourth-order valence-electron chi connectivity index (χ4n) is 5.93. The highest BCUT2D eigenvalue weighted by molar-refractivity contribution is 5.89. The molecule has 3 amide bonds. The maximum Gasteiger partial charge on any atom is 0.412 e. The first-order valence-electron chi connectivity index (χ1n) is 12.7. The van der Waals surface area contributed by atoms with Gasteiger partial charge in [-0.1, -0.05) is 24.3 Å².